The minimum atomic E-state index is -0.467. The lowest BCUT2D eigenvalue weighted by molar-refractivity contribution is 0.102. The van der Waals surface area contributed by atoms with Crippen LogP contribution in [0.1, 0.15) is 10.4 Å². The van der Waals surface area contributed by atoms with E-state index in [1.54, 1.807) is 18.2 Å². The number of aromatic hydroxyl groups is 1. The Kier molecular flexibility index (Phi) is 3.47. The molecule has 1 heterocycles. The quantitative estimate of drug-likeness (QED) is 0.795. The van der Waals surface area contributed by atoms with Crippen molar-refractivity contribution in [3.8, 4) is 5.75 Å². The van der Waals surface area contributed by atoms with Crippen LogP contribution in [0.5, 0.6) is 5.75 Å². The lowest BCUT2D eigenvalue weighted by Crippen LogP contribution is -2.14. The summed E-state index contributed by atoms with van der Waals surface area (Å²) in [5, 5.41) is 12.2. The van der Waals surface area contributed by atoms with Gasteiger partial charge in [-0.05, 0) is 30.3 Å². The van der Waals surface area contributed by atoms with Crippen molar-refractivity contribution in [1.29, 1.82) is 0 Å². The number of amides is 1. The van der Waals surface area contributed by atoms with Crippen LogP contribution in [0.2, 0.25) is 0 Å². The fraction of sp³-hybridized carbons (Fsp3) is 0. The van der Waals surface area contributed by atoms with Crippen LogP contribution in [0.25, 0.3) is 0 Å². The number of aromatic nitrogens is 1. The van der Waals surface area contributed by atoms with Gasteiger partial charge in [0.05, 0.1) is 11.3 Å². The van der Waals surface area contributed by atoms with E-state index in [9.17, 15) is 9.90 Å². The summed E-state index contributed by atoms with van der Waals surface area (Å²) in [5.74, 6) is -0.313. The van der Waals surface area contributed by atoms with Crippen molar-refractivity contribution in [2.45, 2.75) is 0 Å². The maximum absolute atomic E-state index is 11.9. The molecule has 6 heteroatoms. The van der Waals surface area contributed by atoms with E-state index in [2.05, 4.69) is 26.2 Å². The highest BCUT2D eigenvalue weighted by Gasteiger charge is 2.13. The molecule has 0 bridgehead atoms. The number of nitrogen functional groups attached to an aromatic ring is 1. The van der Waals surface area contributed by atoms with Gasteiger partial charge in [0.2, 0.25) is 0 Å². The zero-order chi connectivity index (χ0) is 13.1. The van der Waals surface area contributed by atoms with Gasteiger partial charge in [-0.3, -0.25) is 4.79 Å². The molecule has 0 saturated heterocycles. The molecule has 4 N–H and O–H groups in total. The van der Waals surface area contributed by atoms with E-state index in [0.29, 0.717) is 10.2 Å². The molecule has 1 aromatic heterocycles. The summed E-state index contributed by atoms with van der Waals surface area (Å²) in [4.78, 5) is 15.9. The average molecular weight is 308 g/mol. The van der Waals surface area contributed by atoms with E-state index in [1.807, 2.05) is 0 Å². The highest BCUT2D eigenvalue weighted by Crippen LogP contribution is 2.23. The first kappa shape index (κ1) is 12.4. The first-order valence-corrected chi connectivity index (χ1v) is 5.87. The van der Waals surface area contributed by atoms with Crippen molar-refractivity contribution >= 4 is 33.3 Å². The Morgan fingerprint density at radius 1 is 1.39 bits per heavy atom. The number of halogens is 1. The molecule has 0 radical (unpaired) electrons. The van der Waals surface area contributed by atoms with Gasteiger partial charge in [-0.2, -0.15) is 0 Å². The molecule has 1 aromatic carbocycles. The van der Waals surface area contributed by atoms with E-state index in [-0.39, 0.29) is 17.1 Å². The Hall–Kier alpha value is -2.08. The van der Waals surface area contributed by atoms with Gasteiger partial charge in [0, 0.05) is 10.7 Å². The SMILES string of the molecule is Nc1cccnc1NC(=O)c1ccc(Br)cc1O. The second kappa shape index (κ2) is 5.05. The van der Waals surface area contributed by atoms with Crippen molar-refractivity contribution in [3.63, 3.8) is 0 Å². The molecule has 0 aliphatic heterocycles. The Morgan fingerprint density at radius 3 is 2.83 bits per heavy atom. The summed E-state index contributed by atoms with van der Waals surface area (Å²) in [6.45, 7) is 0. The maximum atomic E-state index is 11.9. The number of nitrogens with one attached hydrogen (secondary N) is 1. The van der Waals surface area contributed by atoms with Crippen LogP contribution in [0.15, 0.2) is 41.0 Å². The lowest BCUT2D eigenvalue weighted by Gasteiger charge is -2.08. The first-order chi connectivity index (χ1) is 8.58. The maximum Gasteiger partial charge on any atom is 0.260 e. The van der Waals surface area contributed by atoms with Gasteiger partial charge in [-0.25, -0.2) is 4.98 Å². The molecule has 0 unspecified atom stereocenters. The van der Waals surface area contributed by atoms with Crippen molar-refractivity contribution in [3.05, 3.63) is 46.6 Å². The second-order valence-electron chi connectivity index (χ2n) is 3.56. The highest BCUT2D eigenvalue weighted by molar-refractivity contribution is 9.10. The van der Waals surface area contributed by atoms with Crippen LogP contribution in [0.4, 0.5) is 11.5 Å². The third-order valence-electron chi connectivity index (χ3n) is 2.28. The predicted octanol–water partition coefficient (Wildman–Crippen LogP) is 2.38. The van der Waals surface area contributed by atoms with Crippen LogP contribution in [-0.2, 0) is 0 Å². The normalized spacial score (nSPS) is 10.1. The molecule has 0 atom stereocenters. The van der Waals surface area contributed by atoms with Gasteiger partial charge in [-0.1, -0.05) is 15.9 Å². The van der Waals surface area contributed by atoms with E-state index < -0.39 is 5.91 Å². The number of phenols is 1. The van der Waals surface area contributed by atoms with Gasteiger partial charge < -0.3 is 16.2 Å². The molecule has 5 nitrogen and oxygen atoms in total. The third-order valence-corrected chi connectivity index (χ3v) is 2.77. The molecular weight excluding hydrogens is 298 g/mol. The molecule has 0 aliphatic rings. The summed E-state index contributed by atoms with van der Waals surface area (Å²) >= 11 is 3.20. The van der Waals surface area contributed by atoms with Crippen molar-refractivity contribution in [2.24, 2.45) is 0 Å². The van der Waals surface area contributed by atoms with Gasteiger partial charge in [0.1, 0.15) is 5.75 Å². The summed E-state index contributed by atoms with van der Waals surface area (Å²) in [7, 11) is 0. The number of carbonyl (C=O) groups is 1. The summed E-state index contributed by atoms with van der Waals surface area (Å²) in [5.41, 5.74) is 6.18. The second-order valence-corrected chi connectivity index (χ2v) is 4.47. The van der Waals surface area contributed by atoms with E-state index >= 15 is 0 Å². The molecule has 92 valence electrons. The summed E-state index contributed by atoms with van der Waals surface area (Å²) in [6.07, 6.45) is 1.52. The number of pyridine rings is 1. The smallest absolute Gasteiger partial charge is 0.260 e. The standard InChI is InChI=1S/C12H10BrN3O2/c13-7-3-4-8(10(17)6-7)12(18)16-11-9(14)2-1-5-15-11/h1-6,17H,14H2,(H,15,16,18). The topological polar surface area (TPSA) is 88.2 Å². The molecule has 2 aromatic rings. The zero-order valence-corrected chi connectivity index (χ0v) is 10.8. The van der Waals surface area contributed by atoms with E-state index in [4.69, 9.17) is 5.73 Å². The predicted molar refractivity (Wildman–Crippen MR) is 72.4 cm³/mol. The number of hydrogen-bond donors (Lipinski definition) is 3. The Balaban J connectivity index is 2.25. The van der Waals surface area contributed by atoms with Gasteiger partial charge in [0.15, 0.2) is 5.82 Å². The number of carbonyl (C=O) groups excluding carboxylic acids is 1. The molecular formula is C12H10BrN3O2. The monoisotopic (exact) mass is 307 g/mol. The molecule has 18 heavy (non-hydrogen) atoms. The Morgan fingerprint density at radius 2 is 2.17 bits per heavy atom. The Bertz CT molecular complexity index is 602. The lowest BCUT2D eigenvalue weighted by atomic mass is 10.2. The molecule has 0 aliphatic carbocycles. The summed E-state index contributed by atoms with van der Waals surface area (Å²) in [6, 6.07) is 7.91. The minimum Gasteiger partial charge on any atom is -0.507 e. The van der Waals surface area contributed by atoms with Gasteiger partial charge in [-0.15, -0.1) is 0 Å². The van der Waals surface area contributed by atoms with Crippen molar-refractivity contribution in [2.75, 3.05) is 11.1 Å². The van der Waals surface area contributed by atoms with Crippen molar-refractivity contribution in [1.82, 2.24) is 4.98 Å². The van der Waals surface area contributed by atoms with Crippen LogP contribution in [0.3, 0.4) is 0 Å². The number of hydrogen-bond acceptors (Lipinski definition) is 4. The number of nitrogens with two attached hydrogens (primary N) is 1. The van der Waals surface area contributed by atoms with Crippen LogP contribution < -0.4 is 11.1 Å². The molecule has 1 amide bonds. The van der Waals surface area contributed by atoms with Gasteiger partial charge in [0.25, 0.3) is 5.91 Å². The van der Waals surface area contributed by atoms with Gasteiger partial charge >= 0.3 is 0 Å². The minimum absolute atomic E-state index is 0.114. The Labute approximate surface area is 112 Å². The summed E-state index contributed by atoms with van der Waals surface area (Å²) < 4.78 is 0.689. The first-order valence-electron chi connectivity index (χ1n) is 5.08. The van der Waals surface area contributed by atoms with Crippen LogP contribution in [0, 0.1) is 0 Å². The van der Waals surface area contributed by atoms with E-state index in [1.165, 1.54) is 18.3 Å². The molecule has 2 rings (SSSR count). The zero-order valence-electron chi connectivity index (χ0n) is 9.22. The molecule has 0 fully saturated rings. The number of rotatable bonds is 2. The number of nitrogens with zero attached hydrogens (tertiary/aromatic N) is 1. The van der Waals surface area contributed by atoms with E-state index in [0.717, 1.165) is 0 Å². The third kappa shape index (κ3) is 2.60. The fourth-order valence-electron chi connectivity index (χ4n) is 1.39. The molecule has 0 saturated carbocycles. The fourth-order valence-corrected chi connectivity index (χ4v) is 1.74. The number of anilines is 2. The van der Waals surface area contributed by atoms with Crippen LogP contribution >= 0.6 is 15.9 Å². The molecule has 0 spiro atoms. The number of benzene rings is 1. The highest BCUT2D eigenvalue weighted by atomic mass is 79.9. The van der Waals surface area contributed by atoms with Crippen molar-refractivity contribution < 1.29 is 9.90 Å². The van der Waals surface area contributed by atoms with Crippen LogP contribution in [-0.4, -0.2) is 16.0 Å². The average Bonchev–Trinajstić information content (AvgIpc) is 2.32. The largest absolute Gasteiger partial charge is 0.507 e. The number of phenolic OH excluding ortho intramolecular Hbond substituents is 1.